The van der Waals surface area contributed by atoms with Gasteiger partial charge in [0.15, 0.2) is 0 Å². The highest BCUT2D eigenvalue weighted by atomic mass is 16.3. The van der Waals surface area contributed by atoms with Crippen LogP contribution in [0.1, 0.15) is 20.3 Å². The summed E-state index contributed by atoms with van der Waals surface area (Å²) >= 11 is 0. The Balaban J connectivity index is 3.74. The maximum atomic E-state index is 9.38. The van der Waals surface area contributed by atoms with Crippen molar-refractivity contribution in [3.05, 3.63) is 0 Å². The van der Waals surface area contributed by atoms with Crippen molar-refractivity contribution in [1.82, 2.24) is 5.32 Å². The lowest BCUT2D eigenvalue weighted by atomic mass is 9.99. The van der Waals surface area contributed by atoms with Gasteiger partial charge in [0.05, 0.1) is 6.10 Å². The quantitative estimate of drug-likeness (QED) is 0.528. The number of likely N-dealkylation sites (N-methyl/N-ethyl adjacent to an activating group) is 1. The molecular weight excluding hydrogens is 140 g/mol. The van der Waals surface area contributed by atoms with Crippen LogP contribution in [0.2, 0.25) is 0 Å². The third kappa shape index (κ3) is 4.35. The second kappa shape index (κ2) is 5.52. The number of aliphatic hydroxyl groups is 1. The number of hydrogen-bond acceptors (Lipinski definition) is 3. The highest BCUT2D eigenvalue weighted by molar-refractivity contribution is 4.75. The summed E-state index contributed by atoms with van der Waals surface area (Å²) in [6.07, 6.45) is 0.553. The molecule has 11 heavy (non-hydrogen) atoms. The second-order valence-electron chi connectivity index (χ2n) is 3.33. The van der Waals surface area contributed by atoms with E-state index in [1.165, 1.54) is 0 Å². The SMILES string of the molecule is CNC(CC(C)C)C(O)CN. The highest BCUT2D eigenvalue weighted by Gasteiger charge is 2.16. The van der Waals surface area contributed by atoms with Crippen molar-refractivity contribution in [3.63, 3.8) is 0 Å². The fourth-order valence-corrected chi connectivity index (χ4v) is 1.14. The van der Waals surface area contributed by atoms with Crippen molar-refractivity contribution in [2.75, 3.05) is 13.6 Å². The van der Waals surface area contributed by atoms with Crippen LogP contribution in [0.5, 0.6) is 0 Å². The molecule has 0 fully saturated rings. The zero-order valence-corrected chi connectivity index (χ0v) is 7.67. The molecule has 0 saturated heterocycles. The molecule has 0 amide bonds. The van der Waals surface area contributed by atoms with Crippen LogP contribution in [0.4, 0.5) is 0 Å². The van der Waals surface area contributed by atoms with E-state index >= 15 is 0 Å². The first-order chi connectivity index (χ1) is 5.11. The molecule has 0 heterocycles. The van der Waals surface area contributed by atoms with E-state index in [2.05, 4.69) is 19.2 Å². The minimum atomic E-state index is -0.414. The van der Waals surface area contributed by atoms with Crippen molar-refractivity contribution >= 4 is 0 Å². The molecule has 68 valence electrons. The molecule has 3 nitrogen and oxygen atoms in total. The summed E-state index contributed by atoms with van der Waals surface area (Å²) in [6, 6.07) is 0.139. The molecule has 0 aromatic heterocycles. The Morgan fingerprint density at radius 2 is 2.00 bits per heavy atom. The monoisotopic (exact) mass is 160 g/mol. The minimum Gasteiger partial charge on any atom is -0.390 e. The van der Waals surface area contributed by atoms with Gasteiger partial charge < -0.3 is 16.2 Å². The van der Waals surface area contributed by atoms with Gasteiger partial charge in [-0.15, -0.1) is 0 Å². The lowest BCUT2D eigenvalue weighted by Crippen LogP contribution is -2.42. The predicted molar refractivity (Wildman–Crippen MR) is 47.4 cm³/mol. The van der Waals surface area contributed by atoms with Gasteiger partial charge in [0.25, 0.3) is 0 Å². The second-order valence-corrected chi connectivity index (χ2v) is 3.33. The summed E-state index contributed by atoms with van der Waals surface area (Å²) in [7, 11) is 1.85. The molecule has 2 atom stereocenters. The molecule has 0 radical (unpaired) electrons. The maximum absolute atomic E-state index is 9.38. The smallest absolute Gasteiger partial charge is 0.0815 e. The van der Waals surface area contributed by atoms with Crippen LogP contribution in [-0.2, 0) is 0 Å². The zero-order chi connectivity index (χ0) is 8.85. The molecule has 0 saturated carbocycles. The van der Waals surface area contributed by atoms with Gasteiger partial charge in [-0.05, 0) is 19.4 Å². The first kappa shape index (κ1) is 10.9. The molecule has 0 spiro atoms. The van der Waals surface area contributed by atoms with E-state index < -0.39 is 6.10 Å². The average molecular weight is 160 g/mol. The Bertz CT molecular complexity index is 96.1. The normalized spacial score (nSPS) is 16.9. The number of nitrogens with two attached hydrogens (primary N) is 1. The molecule has 3 heteroatoms. The van der Waals surface area contributed by atoms with Gasteiger partial charge in [0.1, 0.15) is 0 Å². The molecule has 4 N–H and O–H groups in total. The lowest BCUT2D eigenvalue weighted by molar-refractivity contribution is 0.127. The molecule has 0 aliphatic rings. The van der Waals surface area contributed by atoms with Gasteiger partial charge in [-0.2, -0.15) is 0 Å². The van der Waals surface area contributed by atoms with E-state index in [-0.39, 0.29) is 6.04 Å². The lowest BCUT2D eigenvalue weighted by Gasteiger charge is -2.22. The molecule has 0 aromatic rings. The van der Waals surface area contributed by atoms with E-state index in [0.29, 0.717) is 12.5 Å². The fraction of sp³-hybridized carbons (Fsp3) is 1.00. The highest BCUT2D eigenvalue weighted by Crippen LogP contribution is 2.06. The van der Waals surface area contributed by atoms with E-state index in [1.54, 1.807) is 0 Å². The number of aliphatic hydroxyl groups excluding tert-OH is 1. The fourth-order valence-electron chi connectivity index (χ4n) is 1.14. The van der Waals surface area contributed by atoms with Crippen molar-refractivity contribution in [2.45, 2.75) is 32.4 Å². The first-order valence-corrected chi connectivity index (χ1v) is 4.17. The van der Waals surface area contributed by atoms with Crippen LogP contribution in [0.25, 0.3) is 0 Å². The Morgan fingerprint density at radius 1 is 1.45 bits per heavy atom. The van der Waals surface area contributed by atoms with Crippen LogP contribution in [0, 0.1) is 5.92 Å². The van der Waals surface area contributed by atoms with Gasteiger partial charge in [0, 0.05) is 12.6 Å². The number of rotatable bonds is 5. The maximum Gasteiger partial charge on any atom is 0.0815 e. The summed E-state index contributed by atoms with van der Waals surface area (Å²) < 4.78 is 0. The summed E-state index contributed by atoms with van der Waals surface area (Å²) in [5.41, 5.74) is 5.33. The van der Waals surface area contributed by atoms with Crippen molar-refractivity contribution in [3.8, 4) is 0 Å². The van der Waals surface area contributed by atoms with Gasteiger partial charge in [-0.1, -0.05) is 13.8 Å². The molecule has 0 aliphatic carbocycles. The summed E-state index contributed by atoms with van der Waals surface area (Å²) in [5.74, 6) is 0.591. The van der Waals surface area contributed by atoms with Crippen LogP contribution < -0.4 is 11.1 Å². The summed E-state index contributed by atoms with van der Waals surface area (Å²) in [5, 5.41) is 12.4. The topological polar surface area (TPSA) is 58.3 Å². The zero-order valence-electron chi connectivity index (χ0n) is 7.67. The molecule has 0 aliphatic heterocycles. The Morgan fingerprint density at radius 3 is 2.27 bits per heavy atom. The van der Waals surface area contributed by atoms with E-state index in [9.17, 15) is 5.11 Å². The number of nitrogens with one attached hydrogen (secondary N) is 1. The molecular formula is C8H20N2O. The van der Waals surface area contributed by atoms with E-state index in [0.717, 1.165) is 6.42 Å². The largest absolute Gasteiger partial charge is 0.390 e. The Labute approximate surface area is 69.0 Å². The van der Waals surface area contributed by atoms with Crippen LogP contribution in [-0.4, -0.2) is 30.8 Å². The van der Waals surface area contributed by atoms with Gasteiger partial charge in [-0.25, -0.2) is 0 Å². The van der Waals surface area contributed by atoms with Crippen LogP contribution in [0.3, 0.4) is 0 Å². The molecule has 0 aromatic carbocycles. The summed E-state index contributed by atoms with van der Waals surface area (Å²) in [6.45, 7) is 4.60. The van der Waals surface area contributed by atoms with Gasteiger partial charge >= 0.3 is 0 Å². The number of hydrogen-bond donors (Lipinski definition) is 3. The van der Waals surface area contributed by atoms with Crippen LogP contribution >= 0.6 is 0 Å². The molecule has 0 bridgehead atoms. The van der Waals surface area contributed by atoms with Crippen LogP contribution in [0.15, 0.2) is 0 Å². The standard InChI is InChI=1S/C8H20N2O/c1-6(2)4-7(10-3)8(11)5-9/h6-8,10-11H,4-5,9H2,1-3H3. The van der Waals surface area contributed by atoms with Gasteiger partial charge in [0.2, 0.25) is 0 Å². The van der Waals surface area contributed by atoms with E-state index in [1.807, 2.05) is 7.05 Å². The predicted octanol–water partition coefficient (Wildman–Crippen LogP) is -0.0599. The van der Waals surface area contributed by atoms with Crippen molar-refractivity contribution in [2.24, 2.45) is 11.7 Å². The minimum absolute atomic E-state index is 0.139. The third-order valence-electron chi connectivity index (χ3n) is 1.80. The van der Waals surface area contributed by atoms with Crippen molar-refractivity contribution in [1.29, 1.82) is 0 Å². The summed E-state index contributed by atoms with van der Waals surface area (Å²) in [4.78, 5) is 0. The van der Waals surface area contributed by atoms with E-state index in [4.69, 9.17) is 5.73 Å². The third-order valence-corrected chi connectivity index (χ3v) is 1.80. The first-order valence-electron chi connectivity index (χ1n) is 4.17. The Kier molecular flexibility index (Phi) is 5.46. The van der Waals surface area contributed by atoms with Gasteiger partial charge in [-0.3, -0.25) is 0 Å². The molecule has 0 rings (SSSR count). The van der Waals surface area contributed by atoms with Crippen molar-refractivity contribution < 1.29 is 5.11 Å². The molecule has 2 unspecified atom stereocenters. The Hall–Kier alpha value is -0.120. The average Bonchev–Trinajstić information content (AvgIpc) is 1.98.